The van der Waals surface area contributed by atoms with E-state index in [1.54, 1.807) is 0 Å². The van der Waals surface area contributed by atoms with E-state index in [4.69, 9.17) is 4.74 Å². The molecule has 2 nitrogen and oxygen atoms in total. The van der Waals surface area contributed by atoms with E-state index in [2.05, 4.69) is 43.4 Å². The molecule has 1 aromatic rings. The highest BCUT2D eigenvalue weighted by molar-refractivity contribution is 5.25. The normalized spacial score (nSPS) is 12.6. The van der Waals surface area contributed by atoms with Crippen molar-refractivity contribution in [1.82, 2.24) is 5.32 Å². The molecule has 18 heavy (non-hydrogen) atoms. The first-order valence-electron chi connectivity index (χ1n) is 7.21. The Balaban J connectivity index is 2.60. The molecule has 1 unspecified atom stereocenters. The zero-order valence-corrected chi connectivity index (χ0v) is 12.0. The van der Waals surface area contributed by atoms with Crippen LogP contribution in [-0.2, 0) is 11.2 Å². The molecule has 1 aromatic carbocycles. The number of aryl methyl sites for hydroxylation is 1. The number of hydrogen-bond donors (Lipinski definition) is 1. The summed E-state index contributed by atoms with van der Waals surface area (Å²) < 4.78 is 5.45. The van der Waals surface area contributed by atoms with Crippen molar-refractivity contribution >= 4 is 0 Å². The molecule has 0 spiro atoms. The minimum atomic E-state index is 0.414. The first kappa shape index (κ1) is 15.2. The molecule has 0 amide bonds. The molecule has 0 aliphatic carbocycles. The van der Waals surface area contributed by atoms with Gasteiger partial charge in [-0.1, -0.05) is 44.5 Å². The Morgan fingerprint density at radius 1 is 1.11 bits per heavy atom. The predicted molar refractivity (Wildman–Crippen MR) is 78.0 cm³/mol. The second-order valence-corrected chi connectivity index (χ2v) is 4.59. The molecular formula is C16H27NO. The average molecular weight is 249 g/mol. The minimum Gasteiger partial charge on any atom is -0.382 e. The van der Waals surface area contributed by atoms with Gasteiger partial charge in [0, 0.05) is 19.3 Å². The molecule has 1 atom stereocenters. The van der Waals surface area contributed by atoms with E-state index < -0.39 is 0 Å². The quantitative estimate of drug-likeness (QED) is 0.674. The summed E-state index contributed by atoms with van der Waals surface area (Å²) in [7, 11) is 0. The van der Waals surface area contributed by atoms with Crippen LogP contribution in [0.4, 0.5) is 0 Å². The van der Waals surface area contributed by atoms with Gasteiger partial charge in [0.2, 0.25) is 0 Å². The van der Waals surface area contributed by atoms with Gasteiger partial charge in [0.05, 0.1) is 0 Å². The Morgan fingerprint density at radius 3 is 2.39 bits per heavy atom. The number of benzene rings is 1. The van der Waals surface area contributed by atoms with E-state index in [1.807, 2.05) is 6.92 Å². The maximum atomic E-state index is 5.45. The monoisotopic (exact) mass is 249 g/mol. The van der Waals surface area contributed by atoms with Crippen LogP contribution in [0.5, 0.6) is 0 Å². The largest absolute Gasteiger partial charge is 0.382 e. The van der Waals surface area contributed by atoms with Gasteiger partial charge in [-0.15, -0.1) is 0 Å². The van der Waals surface area contributed by atoms with Crippen LogP contribution >= 0.6 is 0 Å². The molecule has 1 rings (SSSR count). The van der Waals surface area contributed by atoms with Crippen molar-refractivity contribution in [2.45, 2.75) is 46.1 Å². The van der Waals surface area contributed by atoms with Gasteiger partial charge in [-0.3, -0.25) is 0 Å². The molecule has 102 valence electrons. The van der Waals surface area contributed by atoms with Crippen LogP contribution in [0.3, 0.4) is 0 Å². The zero-order chi connectivity index (χ0) is 13.2. The molecule has 0 heterocycles. The van der Waals surface area contributed by atoms with E-state index in [0.717, 1.165) is 26.2 Å². The molecule has 0 aliphatic heterocycles. The lowest BCUT2D eigenvalue weighted by molar-refractivity contribution is 0.136. The molecule has 0 saturated heterocycles. The Hall–Kier alpha value is -0.860. The standard InChI is InChI=1S/C16H27NO/c1-4-7-14-8-10-15(11-9-14)16(17-5-2)12-13-18-6-3/h8-11,16-17H,4-7,12-13H2,1-3H3. The SMILES string of the molecule is CCCc1ccc(C(CCOCC)NCC)cc1. The van der Waals surface area contributed by atoms with Crippen LogP contribution < -0.4 is 5.32 Å². The van der Waals surface area contributed by atoms with Crippen LogP contribution in [0, 0.1) is 0 Å². The molecular weight excluding hydrogens is 222 g/mol. The number of nitrogens with one attached hydrogen (secondary N) is 1. The molecule has 0 radical (unpaired) electrons. The lowest BCUT2D eigenvalue weighted by Gasteiger charge is -2.18. The summed E-state index contributed by atoms with van der Waals surface area (Å²) in [4.78, 5) is 0. The Kier molecular flexibility index (Phi) is 7.70. The summed E-state index contributed by atoms with van der Waals surface area (Å²) in [6.45, 7) is 9.03. The smallest absolute Gasteiger partial charge is 0.0484 e. The summed E-state index contributed by atoms with van der Waals surface area (Å²) in [6, 6.07) is 9.43. The third-order valence-corrected chi connectivity index (χ3v) is 3.13. The van der Waals surface area contributed by atoms with Gasteiger partial charge in [0.1, 0.15) is 0 Å². The van der Waals surface area contributed by atoms with Crippen molar-refractivity contribution in [3.63, 3.8) is 0 Å². The Morgan fingerprint density at radius 2 is 1.83 bits per heavy atom. The number of ether oxygens (including phenoxy) is 1. The Bertz CT molecular complexity index is 307. The fraction of sp³-hybridized carbons (Fsp3) is 0.625. The van der Waals surface area contributed by atoms with Gasteiger partial charge in [-0.05, 0) is 37.4 Å². The van der Waals surface area contributed by atoms with Crippen molar-refractivity contribution in [2.24, 2.45) is 0 Å². The van der Waals surface area contributed by atoms with Gasteiger partial charge in [0.25, 0.3) is 0 Å². The third-order valence-electron chi connectivity index (χ3n) is 3.13. The summed E-state index contributed by atoms with van der Waals surface area (Å²) >= 11 is 0. The molecule has 1 N–H and O–H groups in total. The summed E-state index contributed by atoms with van der Waals surface area (Å²) in [5.74, 6) is 0. The van der Waals surface area contributed by atoms with Gasteiger partial charge < -0.3 is 10.1 Å². The highest BCUT2D eigenvalue weighted by Crippen LogP contribution is 2.18. The van der Waals surface area contributed by atoms with Gasteiger partial charge in [0.15, 0.2) is 0 Å². The van der Waals surface area contributed by atoms with Crippen molar-refractivity contribution in [3.8, 4) is 0 Å². The first-order valence-corrected chi connectivity index (χ1v) is 7.21. The second-order valence-electron chi connectivity index (χ2n) is 4.59. The molecule has 0 saturated carbocycles. The zero-order valence-electron chi connectivity index (χ0n) is 12.0. The summed E-state index contributed by atoms with van der Waals surface area (Å²) in [5.41, 5.74) is 2.80. The van der Waals surface area contributed by atoms with E-state index in [9.17, 15) is 0 Å². The molecule has 0 fully saturated rings. The first-order chi connectivity index (χ1) is 8.81. The second kappa shape index (κ2) is 9.12. The molecule has 0 aromatic heterocycles. The fourth-order valence-electron chi connectivity index (χ4n) is 2.18. The Labute approximate surface area is 112 Å². The van der Waals surface area contributed by atoms with Crippen LogP contribution in [0.2, 0.25) is 0 Å². The van der Waals surface area contributed by atoms with Crippen LogP contribution in [0.15, 0.2) is 24.3 Å². The number of rotatable bonds is 9. The maximum Gasteiger partial charge on any atom is 0.0484 e. The molecule has 0 bridgehead atoms. The predicted octanol–water partition coefficient (Wildman–Crippen LogP) is 3.72. The van der Waals surface area contributed by atoms with Gasteiger partial charge >= 0.3 is 0 Å². The minimum absolute atomic E-state index is 0.414. The maximum absolute atomic E-state index is 5.45. The summed E-state index contributed by atoms with van der Waals surface area (Å²) in [6.07, 6.45) is 3.42. The van der Waals surface area contributed by atoms with Gasteiger partial charge in [-0.2, -0.15) is 0 Å². The van der Waals surface area contributed by atoms with E-state index in [-0.39, 0.29) is 0 Å². The highest BCUT2D eigenvalue weighted by atomic mass is 16.5. The van der Waals surface area contributed by atoms with E-state index >= 15 is 0 Å². The average Bonchev–Trinajstić information content (AvgIpc) is 2.39. The highest BCUT2D eigenvalue weighted by Gasteiger charge is 2.09. The molecule has 0 aliphatic rings. The lowest BCUT2D eigenvalue weighted by atomic mass is 10.0. The number of hydrogen-bond acceptors (Lipinski definition) is 2. The van der Waals surface area contributed by atoms with E-state index in [1.165, 1.54) is 24.0 Å². The van der Waals surface area contributed by atoms with Crippen molar-refractivity contribution < 1.29 is 4.74 Å². The summed E-state index contributed by atoms with van der Waals surface area (Å²) in [5, 5.41) is 3.53. The molecule has 2 heteroatoms. The lowest BCUT2D eigenvalue weighted by Crippen LogP contribution is -2.22. The fourth-order valence-corrected chi connectivity index (χ4v) is 2.18. The topological polar surface area (TPSA) is 21.3 Å². The van der Waals surface area contributed by atoms with Crippen molar-refractivity contribution in [3.05, 3.63) is 35.4 Å². The van der Waals surface area contributed by atoms with Crippen LogP contribution in [0.25, 0.3) is 0 Å². The van der Waals surface area contributed by atoms with Crippen molar-refractivity contribution in [1.29, 1.82) is 0 Å². The van der Waals surface area contributed by atoms with Crippen LogP contribution in [-0.4, -0.2) is 19.8 Å². The van der Waals surface area contributed by atoms with Gasteiger partial charge in [-0.25, -0.2) is 0 Å². The third kappa shape index (κ3) is 5.19. The van der Waals surface area contributed by atoms with Crippen LogP contribution in [0.1, 0.15) is 50.8 Å². The van der Waals surface area contributed by atoms with Crippen molar-refractivity contribution in [2.75, 3.05) is 19.8 Å². The van der Waals surface area contributed by atoms with E-state index in [0.29, 0.717) is 6.04 Å².